The Morgan fingerprint density at radius 1 is 0.971 bits per heavy atom. The average molecular weight is 470 g/mol. The van der Waals surface area contributed by atoms with Crippen molar-refractivity contribution in [1.82, 2.24) is 4.98 Å². The Balaban J connectivity index is 1.48. The van der Waals surface area contributed by atoms with Gasteiger partial charge in [0.1, 0.15) is 5.75 Å². The molecular weight excluding hydrogens is 448 g/mol. The lowest BCUT2D eigenvalue weighted by Crippen LogP contribution is -2.13. The highest BCUT2D eigenvalue weighted by Gasteiger charge is 2.17. The van der Waals surface area contributed by atoms with Gasteiger partial charge in [0.15, 0.2) is 18.1 Å². The summed E-state index contributed by atoms with van der Waals surface area (Å²) in [5.74, 6) is 0.788. The fourth-order valence-corrected chi connectivity index (χ4v) is 3.70. The van der Waals surface area contributed by atoms with Gasteiger partial charge in [-0.2, -0.15) is 0 Å². The molecule has 1 aliphatic rings. The Hall–Kier alpha value is -4.59. The molecule has 8 heteroatoms. The Morgan fingerprint density at radius 3 is 2.57 bits per heavy atom. The van der Waals surface area contributed by atoms with Crippen molar-refractivity contribution in [3.63, 3.8) is 0 Å². The minimum absolute atomic E-state index is 0.136. The fourth-order valence-electron chi connectivity index (χ4n) is 3.70. The first-order chi connectivity index (χ1) is 17.0. The number of anilines is 1. The maximum absolute atomic E-state index is 12.8. The molecule has 0 saturated heterocycles. The summed E-state index contributed by atoms with van der Waals surface area (Å²) in [6.07, 6.45) is 0. The normalized spacial score (nSPS) is 11.8. The second-order valence-corrected chi connectivity index (χ2v) is 7.99. The number of aromatic nitrogens is 1. The van der Waals surface area contributed by atoms with Gasteiger partial charge in [0.2, 0.25) is 6.79 Å². The third kappa shape index (κ3) is 4.72. The van der Waals surface area contributed by atoms with Crippen molar-refractivity contribution in [1.29, 1.82) is 0 Å². The zero-order valence-corrected chi connectivity index (χ0v) is 19.2. The van der Waals surface area contributed by atoms with Crippen LogP contribution in [0.3, 0.4) is 0 Å². The van der Waals surface area contributed by atoms with Gasteiger partial charge in [0, 0.05) is 28.3 Å². The van der Waals surface area contributed by atoms with Gasteiger partial charge in [-0.1, -0.05) is 29.8 Å². The summed E-state index contributed by atoms with van der Waals surface area (Å²) in [5.41, 5.74) is 4.40. The Bertz CT molecular complexity index is 1430. The highest BCUT2D eigenvalue weighted by Crippen LogP contribution is 2.34. The number of rotatable bonds is 6. The minimum atomic E-state index is -0.501. The molecule has 4 aromatic rings. The number of pyridine rings is 1. The fraction of sp³-hybridized carbons (Fsp3) is 0.148. The number of hydrogen-bond donors (Lipinski definition) is 1. The zero-order chi connectivity index (χ0) is 24.4. The number of benzene rings is 3. The van der Waals surface area contributed by atoms with Gasteiger partial charge >= 0.3 is 5.97 Å². The minimum Gasteiger partial charge on any atom is -0.481 e. The number of fused-ring (bicyclic) bond motifs is 2. The number of aryl methyl sites for hydroxylation is 1. The van der Waals surface area contributed by atoms with E-state index in [-0.39, 0.29) is 19.3 Å². The van der Waals surface area contributed by atoms with Crippen LogP contribution in [0, 0.1) is 6.92 Å². The largest absolute Gasteiger partial charge is 0.481 e. The number of nitrogens with zero attached hydrogens (tertiary/aromatic N) is 1. The Morgan fingerprint density at radius 2 is 1.77 bits per heavy atom. The standard InChI is InChI=1S/C27H22N2O6/c1-16-3-5-17(6-4-16)22-13-24(33-14-26(30)32-2)20-12-19(8-9-21(20)29-22)28-27(31)18-7-10-23-25(11-18)35-15-34-23/h3-13H,14-15H2,1-2H3,(H,28,31). The molecule has 0 spiro atoms. The topological polar surface area (TPSA) is 96.0 Å². The number of methoxy groups -OCH3 is 1. The monoisotopic (exact) mass is 470 g/mol. The van der Waals surface area contributed by atoms with E-state index in [0.717, 1.165) is 11.1 Å². The lowest BCUT2D eigenvalue weighted by Gasteiger charge is -2.13. The Kier molecular flexibility index (Phi) is 5.93. The average Bonchev–Trinajstić information content (AvgIpc) is 3.35. The number of carbonyl (C=O) groups is 2. The van der Waals surface area contributed by atoms with E-state index < -0.39 is 5.97 Å². The molecule has 0 aliphatic carbocycles. The lowest BCUT2D eigenvalue weighted by molar-refractivity contribution is -0.142. The van der Waals surface area contributed by atoms with Gasteiger partial charge in [-0.25, -0.2) is 9.78 Å². The quantitative estimate of drug-likeness (QED) is 0.407. The molecule has 35 heavy (non-hydrogen) atoms. The molecule has 176 valence electrons. The van der Waals surface area contributed by atoms with Crippen molar-refractivity contribution in [2.75, 3.05) is 25.8 Å². The van der Waals surface area contributed by atoms with Crippen molar-refractivity contribution in [2.24, 2.45) is 0 Å². The molecule has 0 saturated carbocycles. The van der Waals surface area contributed by atoms with E-state index in [0.29, 0.717) is 45.1 Å². The summed E-state index contributed by atoms with van der Waals surface area (Å²) in [6.45, 7) is 1.90. The molecule has 1 N–H and O–H groups in total. The maximum atomic E-state index is 12.8. The highest BCUT2D eigenvalue weighted by atomic mass is 16.7. The second-order valence-electron chi connectivity index (χ2n) is 7.99. The van der Waals surface area contributed by atoms with E-state index in [1.165, 1.54) is 7.11 Å². The Labute approximate surface area is 201 Å². The maximum Gasteiger partial charge on any atom is 0.343 e. The molecule has 0 radical (unpaired) electrons. The predicted octanol–water partition coefficient (Wildman–Crippen LogP) is 4.74. The van der Waals surface area contributed by atoms with Crippen LogP contribution in [0.15, 0.2) is 66.7 Å². The van der Waals surface area contributed by atoms with Crippen LogP contribution in [0.2, 0.25) is 0 Å². The molecule has 2 heterocycles. The van der Waals surface area contributed by atoms with Crippen LogP contribution in [-0.4, -0.2) is 37.4 Å². The number of amides is 1. The smallest absolute Gasteiger partial charge is 0.343 e. The zero-order valence-electron chi connectivity index (χ0n) is 19.2. The SMILES string of the molecule is COC(=O)COc1cc(-c2ccc(C)cc2)nc2ccc(NC(=O)c3ccc4c(c3)OCO4)cc12. The molecule has 0 atom stereocenters. The summed E-state index contributed by atoms with van der Waals surface area (Å²) in [5, 5.41) is 3.53. The highest BCUT2D eigenvalue weighted by molar-refractivity contribution is 6.06. The summed E-state index contributed by atoms with van der Waals surface area (Å²) in [7, 11) is 1.30. The summed E-state index contributed by atoms with van der Waals surface area (Å²) in [4.78, 5) is 29.3. The number of nitrogens with one attached hydrogen (secondary N) is 1. The van der Waals surface area contributed by atoms with Gasteiger partial charge in [-0.15, -0.1) is 0 Å². The molecule has 3 aromatic carbocycles. The molecule has 1 aliphatic heterocycles. The van der Waals surface area contributed by atoms with Crippen molar-refractivity contribution in [3.05, 3.63) is 77.9 Å². The van der Waals surface area contributed by atoms with E-state index in [4.69, 9.17) is 23.9 Å². The van der Waals surface area contributed by atoms with Gasteiger partial charge in [-0.05, 0) is 43.3 Å². The molecule has 0 fully saturated rings. The first-order valence-corrected chi connectivity index (χ1v) is 10.9. The van der Waals surface area contributed by atoms with E-state index in [1.807, 2.05) is 31.2 Å². The molecule has 0 unspecified atom stereocenters. The number of hydrogen-bond acceptors (Lipinski definition) is 7. The summed E-state index contributed by atoms with van der Waals surface area (Å²) >= 11 is 0. The third-order valence-corrected chi connectivity index (χ3v) is 5.58. The summed E-state index contributed by atoms with van der Waals surface area (Å²) < 4.78 is 21.2. The van der Waals surface area contributed by atoms with Gasteiger partial charge in [0.05, 0.1) is 18.3 Å². The van der Waals surface area contributed by atoms with E-state index >= 15 is 0 Å². The van der Waals surface area contributed by atoms with Crippen LogP contribution in [0.25, 0.3) is 22.2 Å². The van der Waals surface area contributed by atoms with E-state index in [9.17, 15) is 9.59 Å². The van der Waals surface area contributed by atoms with Gasteiger partial charge in [-0.3, -0.25) is 4.79 Å². The van der Waals surface area contributed by atoms with Crippen molar-refractivity contribution in [2.45, 2.75) is 6.92 Å². The van der Waals surface area contributed by atoms with Crippen LogP contribution in [0.5, 0.6) is 17.2 Å². The van der Waals surface area contributed by atoms with Crippen molar-refractivity contribution < 1.29 is 28.5 Å². The third-order valence-electron chi connectivity index (χ3n) is 5.58. The number of ether oxygens (including phenoxy) is 4. The molecule has 8 nitrogen and oxygen atoms in total. The van der Waals surface area contributed by atoms with Crippen LogP contribution in [0.4, 0.5) is 5.69 Å². The molecular formula is C27H22N2O6. The van der Waals surface area contributed by atoms with Crippen molar-refractivity contribution in [3.8, 4) is 28.5 Å². The van der Waals surface area contributed by atoms with E-state index in [1.54, 1.807) is 42.5 Å². The van der Waals surface area contributed by atoms with Crippen LogP contribution < -0.4 is 19.5 Å². The second kappa shape index (κ2) is 9.34. The van der Waals surface area contributed by atoms with Crippen LogP contribution in [-0.2, 0) is 9.53 Å². The first kappa shape index (κ1) is 22.2. The molecule has 1 amide bonds. The molecule has 0 bridgehead atoms. The van der Waals surface area contributed by atoms with Gasteiger partial charge in [0.25, 0.3) is 5.91 Å². The molecule has 5 rings (SSSR count). The number of carbonyl (C=O) groups excluding carboxylic acids is 2. The first-order valence-electron chi connectivity index (χ1n) is 10.9. The lowest BCUT2D eigenvalue weighted by atomic mass is 10.1. The molecule has 1 aromatic heterocycles. The summed E-state index contributed by atoms with van der Waals surface area (Å²) in [6, 6.07) is 20.1. The van der Waals surface area contributed by atoms with Crippen LogP contribution in [0.1, 0.15) is 15.9 Å². The van der Waals surface area contributed by atoms with Crippen LogP contribution >= 0.6 is 0 Å². The number of esters is 1. The van der Waals surface area contributed by atoms with Gasteiger partial charge < -0.3 is 24.3 Å². The van der Waals surface area contributed by atoms with E-state index in [2.05, 4.69) is 5.32 Å². The van der Waals surface area contributed by atoms with Crippen molar-refractivity contribution >= 4 is 28.5 Å². The predicted molar refractivity (Wildman–Crippen MR) is 130 cm³/mol.